The Morgan fingerprint density at radius 2 is 2.08 bits per heavy atom. The maximum atomic E-state index is 11.2. The van der Waals surface area contributed by atoms with Crippen LogP contribution in [0, 0.1) is 5.92 Å². The molecule has 3 atom stereocenters. The molecular formula is C22H20NO3-. The highest BCUT2D eigenvalue weighted by atomic mass is 16.5. The van der Waals surface area contributed by atoms with E-state index in [9.17, 15) is 9.90 Å². The first kappa shape index (κ1) is 16.5. The van der Waals surface area contributed by atoms with Crippen molar-refractivity contribution in [2.75, 3.05) is 11.9 Å². The van der Waals surface area contributed by atoms with Gasteiger partial charge in [0.25, 0.3) is 0 Å². The molecule has 0 saturated heterocycles. The van der Waals surface area contributed by atoms with Crippen LogP contribution < -0.4 is 15.2 Å². The summed E-state index contributed by atoms with van der Waals surface area (Å²) in [6, 6.07) is 13.5. The molecule has 0 unspecified atom stereocenters. The Morgan fingerprint density at radius 3 is 2.81 bits per heavy atom. The normalized spacial score (nSPS) is 22.8. The number of carbonyl (C=O) groups excluding carboxylic acids is 1. The van der Waals surface area contributed by atoms with E-state index >= 15 is 0 Å². The van der Waals surface area contributed by atoms with Crippen LogP contribution in [-0.2, 0) is 0 Å². The topological polar surface area (TPSA) is 61.4 Å². The van der Waals surface area contributed by atoms with Gasteiger partial charge in [0, 0.05) is 11.6 Å². The number of carbonyl (C=O) groups is 1. The van der Waals surface area contributed by atoms with Crippen LogP contribution in [0.2, 0.25) is 0 Å². The lowest BCUT2D eigenvalue weighted by molar-refractivity contribution is -0.255. The van der Waals surface area contributed by atoms with E-state index in [1.54, 1.807) is 18.2 Å². The Bertz CT molecular complexity index is 869. The molecule has 0 bridgehead atoms. The molecule has 4 nitrogen and oxygen atoms in total. The van der Waals surface area contributed by atoms with E-state index in [-0.39, 0.29) is 17.5 Å². The van der Waals surface area contributed by atoms with Crippen LogP contribution in [0.4, 0.5) is 5.69 Å². The molecule has 0 aromatic heterocycles. The first-order valence-corrected chi connectivity index (χ1v) is 8.79. The van der Waals surface area contributed by atoms with Crippen LogP contribution in [0.25, 0.3) is 0 Å². The maximum absolute atomic E-state index is 11.2. The van der Waals surface area contributed by atoms with Crippen LogP contribution in [-0.4, -0.2) is 12.6 Å². The Kier molecular flexibility index (Phi) is 4.25. The number of hydrogen-bond acceptors (Lipinski definition) is 4. The summed E-state index contributed by atoms with van der Waals surface area (Å²) in [5.74, 6) is 0.264. The van der Waals surface area contributed by atoms with Gasteiger partial charge in [0.2, 0.25) is 0 Å². The average Bonchev–Trinajstić information content (AvgIpc) is 3.16. The minimum Gasteiger partial charge on any atom is -0.545 e. The van der Waals surface area contributed by atoms with Crippen LogP contribution in [0.15, 0.2) is 67.3 Å². The minimum absolute atomic E-state index is 0.171. The largest absolute Gasteiger partial charge is 0.545 e. The summed E-state index contributed by atoms with van der Waals surface area (Å²) < 4.78 is 5.56. The molecule has 1 heterocycles. The van der Waals surface area contributed by atoms with Crippen molar-refractivity contribution >= 4 is 11.7 Å². The third-order valence-corrected chi connectivity index (χ3v) is 5.21. The van der Waals surface area contributed by atoms with Crippen molar-refractivity contribution in [3.63, 3.8) is 0 Å². The quantitative estimate of drug-likeness (QED) is 0.843. The number of ether oxygens (including phenoxy) is 1. The van der Waals surface area contributed by atoms with Gasteiger partial charge < -0.3 is 20.0 Å². The number of benzene rings is 2. The number of carboxylic acids is 1. The van der Waals surface area contributed by atoms with Crippen LogP contribution in [0.1, 0.15) is 39.9 Å². The van der Waals surface area contributed by atoms with Gasteiger partial charge in [0.1, 0.15) is 12.4 Å². The van der Waals surface area contributed by atoms with E-state index in [0.717, 1.165) is 23.4 Å². The predicted octanol–water partition coefficient (Wildman–Crippen LogP) is 3.44. The van der Waals surface area contributed by atoms with Crippen LogP contribution in [0.3, 0.4) is 0 Å². The summed E-state index contributed by atoms with van der Waals surface area (Å²) >= 11 is 0. The Balaban J connectivity index is 1.65. The molecule has 0 spiro atoms. The minimum atomic E-state index is -1.14. The Morgan fingerprint density at radius 1 is 1.27 bits per heavy atom. The molecule has 26 heavy (non-hydrogen) atoms. The molecule has 4 rings (SSSR count). The maximum Gasteiger partial charge on any atom is 0.119 e. The monoisotopic (exact) mass is 346 g/mol. The summed E-state index contributed by atoms with van der Waals surface area (Å²) in [5, 5.41) is 14.8. The van der Waals surface area contributed by atoms with E-state index in [4.69, 9.17) is 4.74 Å². The number of carboxylic acid groups (broad SMARTS) is 1. The first-order chi connectivity index (χ1) is 12.7. The molecular weight excluding hydrogens is 326 g/mol. The van der Waals surface area contributed by atoms with Gasteiger partial charge in [-0.25, -0.2) is 0 Å². The zero-order chi connectivity index (χ0) is 18.1. The molecule has 132 valence electrons. The molecule has 0 fully saturated rings. The highest BCUT2D eigenvalue weighted by molar-refractivity contribution is 5.87. The van der Waals surface area contributed by atoms with Crippen molar-refractivity contribution in [1.82, 2.24) is 0 Å². The molecule has 4 heteroatoms. The first-order valence-electron chi connectivity index (χ1n) is 8.79. The zero-order valence-electron chi connectivity index (χ0n) is 14.4. The zero-order valence-corrected chi connectivity index (χ0v) is 14.4. The third kappa shape index (κ3) is 2.88. The Labute approximate surface area is 152 Å². The van der Waals surface area contributed by atoms with E-state index in [2.05, 4.69) is 36.2 Å². The Hall–Kier alpha value is -3.01. The highest BCUT2D eigenvalue weighted by Crippen LogP contribution is 2.50. The fourth-order valence-electron chi connectivity index (χ4n) is 3.98. The molecule has 1 aliphatic heterocycles. The second-order valence-corrected chi connectivity index (χ2v) is 6.73. The van der Waals surface area contributed by atoms with Crippen molar-refractivity contribution in [1.29, 1.82) is 0 Å². The van der Waals surface area contributed by atoms with Gasteiger partial charge in [-0.1, -0.05) is 43.0 Å². The second kappa shape index (κ2) is 6.71. The molecule has 0 amide bonds. The van der Waals surface area contributed by atoms with E-state index < -0.39 is 5.97 Å². The number of allylic oxidation sites excluding steroid dienone is 2. The van der Waals surface area contributed by atoms with E-state index in [0.29, 0.717) is 12.5 Å². The second-order valence-electron chi connectivity index (χ2n) is 6.73. The van der Waals surface area contributed by atoms with Crippen molar-refractivity contribution in [3.05, 3.63) is 84.0 Å². The van der Waals surface area contributed by atoms with Crippen LogP contribution in [0.5, 0.6) is 5.75 Å². The molecule has 1 N–H and O–H groups in total. The number of hydrogen-bond donors (Lipinski definition) is 1. The number of nitrogens with one attached hydrogen (secondary N) is 1. The third-order valence-electron chi connectivity index (χ3n) is 5.21. The fourth-order valence-corrected chi connectivity index (χ4v) is 3.98. The van der Waals surface area contributed by atoms with E-state index in [1.807, 2.05) is 18.2 Å². The van der Waals surface area contributed by atoms with Gasteiger partial charge >= 0.3 is 0 Å². The molecule has 2 aromatic carbocycles. The molecule has 2 aliphatic rings. The van der Waals surface area contributed by atoms with E-state index in [1.165, 1.54) is 5.56 Å². The summed E-state index contributed by atoms with van der Waals surface area (Å²) in [4.78, 5) is 11.2. The lowest BCUT2D eigenvalue weighted by Gasteiger charge is -2.38. The lowest BCUT2D eigenvalue weighted by Crippen LogP contribution is -2.30. The van der Waals surface area contributed by atoms with Gasteiger partial charge in [-0.3, -0.25) is 0 Å². The van der Waals surface area contributed by atoms with Gasteiger partial charge in [0.05, 0.1) is 12.0 Å². The van der Waals surface area contributed by atoms with Gasteiger partial charge in [-0.15, -0.1) is 0 Å². The molecule has 0 saturated carbocycles. The van der Waals surface area contributed by atoms with Crippen LogP contribution >= 0.6 is 0 Å². The molecule has 0 radical (unpaired) electrons. The number of rotatable bonds is 5. The molecule has 1 aliphatic carbocycles. The summed E-state index contributed by atoms with van der Waals surface area (Å²) in [7, 11) is 0. The lowest BCUT2D eigenvalue weighted by atomic mass is 9.76. The van der Waals surface area contributed by atoms with Crippen molar-refractivity contribution in [2.45, 2.75) is 18.4 Å². The average molecular weight is 346 g/mol. The highest BCUT2D eigenvalue weighted by Gasteiger charge is 2.37. The SMILES string of the molecule is C=CCOc1ccc([C@@H]2Nc3ccc(C(=O)[O-])cc3[C@H]3C=CC[C@@H]32)cc1. The fraction of sp³-hybridized carbons (Fsp3) is 0.227. The smallest absolute Gasteiger partial charge is 0.119 e. The van der Waals surface area contributed by atoms with Crippen molar-refractivity contribution < 1.29 is 14.6 Å². The van der Waals surface area contributed by atoms with Gasteiger partial charge in [0.15, 0.2) is 0 Å². The standard InChI is InChI=1S/C22H21NO3/c1-2-12-26-16-9-6-14(7-10-16)21-18-5-3-4-17(18)19-13-15(22(24)25)8-11-20(19)23-21/h2-4,6-11,13,17-18,21,23H,1,5,12H2,(H,24,25)/p-1/t17-,18-,21-/m0/s1. The number of anilines is 1. The number of aromatic carboxylic acids is 1. The predicted molar refractivity (Wildman–Crippen MR) is 99.3 cm³/mol. The summed E-state index contributed by atoms with van der Waals surface area (Å²) in [5.41, 5.74) is 3.45. The number of fused-ring (bicyclic) bond motifs is 3. The van der Waals surface area contributed by atoms with Gasteiger partial charge in [-0.05, 0) is 53.3 Å². The summed E-state index contributed by atoms with van der Waals surface area (Å²) in [6.07, 6.45) is 7.07. The van der Waals surface area contributed by atoms with Crippen molar-refractivity contribution in [3.8, 4) is 5.75 Å². The molecule has 2 aromatic rings. The summed E-state index contributed by atoms with van der Waals surface area (Å²) in [6.45, 7) is 4.15. The van der Waals surface area contributed by atoms with Gasteiger partial charge in [-0.2, -0.15) is 0 Å². The van der Waals surface area contributed by atoms with Crippen molar-refractivity contribution in [2.24, 2.45) is 5.92 Å².